The van der Waals surface area contributed by atoms with Gasteiger partial charge in [0.2, 0.25) is 5.91 Å². The van der Waals surface area contributed by atoms with Crippen molar-refractivity contribution in [2.24, 2.45) is 0 Å². The predicted molar refractivity (Wildman–Crippen MR) is 124 cm³/mol. The minimum Gasteiger partial charge on any atom is -0.497 e. The van der Waals surface area contributed by atoms with E-state index >= 15 is 0 Å². The third-order valence-corrected chi connectivity index (χ3v) is 6.68. The maximum absolute atomic E-state index is 13.7. The predicted octanol–water partition coefficient (Wildman–Crippen LogP) is 5.18. The highest BCUT2D eigenvalue weighted by atomic mass is 32.1. The van der Waals surface area contributed by atoms with Crippen molar-refractivity contribution >= 4 is 23.2 Å². The van der Waals surface area contributed by atoms with Crippen LogP contribution in [-0.4, -0.2) is 29.9 Å². The van der Waals surface area contributed by atoms with E-state index in [1.165, 1.54) is 17.8 Å². The number of ether oxygens (including phenoxy) is 1. The van der Waals surface area contributed by atoms with E-state index in [9.17, 15) is 9.59 Å². The topological polar surface area (TPSA) is 71.8 Å². The lowest BCUT2D eigenvalue weighted by molar-refractivity contribution is -0.127. The molecule has 0 saturated heterocycles. The SMILES string of the molecule is COc1cccc([C@H](C(=O)NC2CCCCC2)N(Cc2ccco2)C(=O)c2cccs2)c1. The average Bonchev–Trinajstić information content (AvgIpc) is 3.54. The van der Waals surface area contributed by atoms with Gasteiger partial charge in [-0.1, -0.05) is 37.5 Å². The summed E-state index contributed by atoms with van der Waals surface area (Å²) in [6, 6.07) is 13.9. The summed E-state index contributed by atoms with van der Waals surface area (Å²) in [5.74, 6) is 0.873. The Morgan fingerprint density at radius 1 is 1.16 bits per heavy atom. The quantitative estimate of drug-likeness (QED) is 0.511. The van der Waals surface area contributed by atoms with Gasteiger partial charge in [0.1, 0.15) is 17.6 Å². The second-order valence-electron chi connectivity index (χ2n) is 8.01. The molecule has 0 bridgehead atoms. The summed E-state index contributed by atoms with van der Waals surface area (Å²) < 4.78 is 10.9. The standard InChI is InChI=1S/C25H28N2O4S/c1-30-20-11-5-8-18(16-20)23(24(28)26-19-9-3-2-4-10-19)27(17-21-12-6-14-31-21)25(29)22-13-7-15-32-22/h5-8,11-16,19,23H,2-4,9-10,17H2,1H3,(H,26,28)/t23-/m1/s1. The van der Waals surface area contributed by atoms with Gasteiger partial charge in [0.05, 0.1) is 24.8 Å². The number of benzene rings is 1. The summed E-state index contributed by atoms with van der Waals surface area (Å²) in [6.45, 7) is 0.184. The molecule has 6 nitrogen and oxygen atoms in total. The molecule has 7 heteroatoms. The molecular weight excluding hydrogens is 424 g/mol. The fraction of sp³-hybridized carbons (Fsp3) is 0.360. The van der Waals surface area contributed by atoms with E-state index in [2.05, 4.69) is 5.32 Å². The van der Waals surface area contributed by atoms with Gasteiger partial charge in [0, 0.05) is 6.04 Å². The highest BCUT2D eigenvalue weighted by Gasteiger charge is 2.34. The van der Waals surface area contributed by atoms with Gasteiger partial charge in [-0.25, -0.2) is 0 Å². The van der Waals surface area contributed by atoms with Crippen molar-refractivity contribution in [3.05, 3.63) is 76.4 Å². The minimum atomic E-state index is -0.813. The van der Waals surface area contributed by atoms with E-state index in [1.54, 1.807) is 30.4 Å². The molecule has 0 unspecified atom stereocenters. The number of hydrogen-bond acceptors (Lipinski definition) is 5. The molecule has 3 aromatic rings. The van der Waals surface area contributed by atoms with Crippen molar-refractivity contribution in [2.45, 2.75) is 50.7 Å². The van der Waals surface area contributed by atoms with E-state index in [4.69, 9.17) is 9.15 Å². The van der Waals surface area contributed by atoms with E-state index in [0.717, 1.165) is 25.7 Å². The lowest BCUT2D eigenvalue weighted by Gasteiger charge is -2.33. The van der Waals surface area contributed by atoms with Gasteiger partial charge in [-0.3, -0.25) is 9.59 Å². The first kappa shape index (κ1) is 22.1. The molecule has 1 fully saturated rings. The van der Waals surface area contributed by atoms with Gasteiger partial charge in [-0.2, -0.15) is 0 Å². The van der Waals surface area contributed by atoms with Crippen molar-refractivity contribution in [3.8, 4) is 5.75 Å². The normalized spacial score (nSPS) is 15.2. The molecule has 0 aliphatic heterocycles. The molecule has 0 spiro atoms. The Morgan fingerprint density at radius 2 is 2.00 bits per heavy atom. The van der Waals surface area contributed by atoms with Crippen LogP contribution in [-0.2, 0) is 11.3 Å². The number of nitrogens with zero attached hydrogens (tertiary/aromatic N) is 1. The van der Waals surface area contributed by atoms with E-state index in [-0.39, 0.29) is 24.4 Å². The smallest absolute Gasteiger partial charge is 0.265 e. The van der Waals surface area contributed by atoms with E-state index in [1.807, 2.05) is 41.8 Å². The number of carbonyl (C=O) groups is 2. The highest BCUT2D eigenvalue weighted by Crippen LogP contribution is 2.30. The number of carbonyl (C=O) groups excluding carboxylic acids is 2. The van der Waals surface area contributed by atoms with Crippen LogP contribution in [0.1, 0.15) is 59.1 Å². The van der Waals surface area contributed by atoms with Gasteiger partial charge in [0.25, 0.3) is 5.91 Å². The summed E-state index contributed by atoms with van der Waals surface area (Å²) in [6.07, 6.45) is 6.93. The Labute approximate surface area is 192 Å². The maximum Gasteiger partial charge on any atom is 0.265 e. The van der Waals surface area contributed by atoms with Crippen LogP contribution in [0, 0.1) is 0 Å². The van der Waals surface area contributed by atoms with E-state index < -0.39 is 6.04 Å². The largest absolute Gasteiger partial charge is 0.497 e. The first-order valence-corrected chi connectivity index (χ1v) is 11.8. The summed E-state index contributed by atoms with van der Waals surface area (Å²) in [7, 11) is 1.59. The van der Waals surface area contributed by atoms with Gasteiger partial charge < -0.3 is 19.4 Å². The second kappa shape index (κ2) is 10.5. The molecule has 168 valence electrons. The first-order valence-electron chi connectivity index (χ1n) is 11.0. The molecule has 2 aromatic heterocycles. The van der Waals surface area contributed by atoms with Crippen molar-refractivity contribution in [2.75, 3.05) is 7.11 Å². The van der Waals surface area contributed by atoms with Crippen molar-refractivity contribution in [1.82, 2.24) is 10.2 Å². The van der Waals surface area contributed by atoms with Gasteiger partial charge in [-0.05, 0) is 54.1 Å². The minimum absolute atomic E-state index is 0.131. The Hall–Kier alpha value is -3.06. The van der Waals surface area contributed by atoms with Crippen molar-refractivity contribution < 1.29 is 18.7 Å². The lowest BCUT2D eigenvalue weighted by atomic mass is 9.94. The third kappa shape index (κ3) is 5.22. The summed E-state index contributed by atoms with van der Waals surface area (Å²) >= 11 is 1.36. The Kier molecular flexibility index (Phi) is 7.27. The number of amides is 2. The molecule has 1 N–H and O–H groups in total. The summed E-state index contributed by atoms with van der Waals surface area (Å²) in [5.41, 5.74) is 0.703. The summed E-state index contributed by atoms with van der Waals surface area (Å²) in [4.78, 5) is 29.4. The molecule has 1 aliphatic carbocycles. The molecule has 0 radical (unpaired) electrons. The average molecular weight is 453 g/mol. The zero-order valence-corrected chi connectivity index (χ0v) is 19.0. The molecule has 4 rings (SSSR count). The number of thiophene rings is 1. The fourth-order valence-corrected chi connectivity index (χ4v) is 4.88. The molecule has 1 atom stereocenters. The zero-order chi connectivity index (χ0) is 22.3. The molecule has 2 amide bonds. The van der Waals surface area contributed by atoms with Crippen LogP contribution >= 0.6 is 11.3 Å². The Bertz CT molecular complexity index is 1010. The maximum atomic E-state index is 13.7. The Morgan fingerprint density at radius 3 is 2.69 bits per heavy atom. The number of rotatable bonds is 8. The van der Waals surface area contributed by atoms with Crippen molar-refractivity contribution in [1.29, 1.82) is 0 Å². The van der Waals surface area contributed by atoms with Gasteiger partial charge in [-0.15, -0.1) is 11.3 Å². The summed E-state index contributed by atoms with van der Waals surface area (Å²) in [5, 5.41) is 5.08. The van der Waals surface area contributed by atoms with Gasteiger partial charge >= 0.3 is 0 Å². The lowest BCUT2D eigenvalue weighted by Crippen LogP contribution is -2.46. The van der Waals surface area contributed by atoms with Crippen LogP contribution in [0.15, 0.2) is 64.6 Å². The van der Waals surface area contributed by atoms with Crippen LogP contribution < -0.4 is 10.1 Å². The van der Waals surface area contributed by atoms with Crippen LogP contribution in [0.25, 0.3) is 0 Å². The number of furan rings is 1. The molecule has 1 saturated carbocycles. The molecule has 1 aliphatic rings. The zero-order valence-electron chi connectivity index (χ0n) is 18.2. The molecule has 1 aromatic carbocycles. The van der Waals surface area contributed by atoms with Crippen LogP contribution in [0.4, 0.5) is 0 Å². The number of nitrogens with one attached hydrogen (secondary N) is 1. The highest BCUT2D eigenvalue weighted by molar-refractivity contribution is 7.12. The van der Waals surface area contributed by atoms with Gasteiger partial charge in [0.15, 0.2) is 0 Å². The third-order valence-electron chi connectivity index (χ3n) is 5.82. The van der Waals surface area contributed by atoms with Crippen LogP contribution in [0.3, 0.4) is 0 Å². The van der Waals surface area contributed by atoms with Crippen LogP contribution in [0.5, 0.6) is 5.75 Å². The van der Waals surface area contributed by atoms with Crippen LogP contribution in [0.2, 0.25) is 0 Å². The first-order chi connectivity index (χ1) is 15.7. The Balaban J connectivity index is 1.72. The number of hydrogen-bond donors (Lipinski definition) is 1. The molecule has 32 heavy (non-hydrogen) atoms. The number of methoxy groups -OCH3 is 1. The second-order valence-corrected chi connectivity index (χ2v) is 8.96. The van der Waals surface area contributed by atoms with E-state index in [0.29, 0.717) is 22.0 Å². The monoisotopic (exact) mass is 452 g/mol. The van der Waals surface area contributed by atoms with Crippen molar-refractivity contribution in [3.63, 3.8) is 0 Å². The molecular formula is C25H28N2O4S. The molecule has 2 heterocycles. The fourth-order valence-electron chi connectivity index (χ4n) is 4.20.